The lowest BCUT2D eigenvalue weighted by atomic mass is 9.41. The number of carbonyl (C=O) groups is 2. The van der Waals surface area contributed by atoms with Gasteiger partial charge in [0.1, 0.15) is 6.10 Å². The fraction of sp³-hybridized carbons (Fsp3) is 0.833. The van der Waals surface area contributed by atoms with Gasteiger partial charge in [-0.25, -0.2) is 0 Å². The summed E-state index contributed by atoms with van der Waals surface area (Å²) in [6.45, 7) is 13.8. The third-order valence-corrected chi connectivity index (χ3v) is 8.56. The fourth-order valence-corrected chi connectivity index (χ4v) is 7.22. The molecule has 3 aliphatic carbocycles. The average molecular weight is 407 g/mol. The van der Waals surface area contributed by atoms with Crippen LogP contribution in [0.1, 0.15) is 79.6 Å². The Morgan fingerprint density at radius 1 is 1.03 bits per heavy atom. The molecule has 0 unspecified atom stereocenters. The van der Waals surface area contributed by atoms with Gasteiger partial charge in [0.25, 0.3) is 0 Å². The molecule has 3 aliphatic rings. The van der Waals surface area contributed by atoms with Crippen molar-refractivity contribution in [2.45, 2.75) is 91.3 Å². The summed E-state index contributed by atoms with van der Waals surface area (Å²) in [6.07, 6.45) is 7.51. The Morgan fingerprint density at radius 3 is 2.28 bits per heavy atom. The lowest BCUT2D eigenvalue weighted by molar-refractivity contribution is -0.245. The molecule has 3 saturated carbocycles. The van der Waals surface area contributed by atoms with Crippen LogP contribution in [0, 0.1) is 28.1 Å². The first-order valence-electron chi connectivity index (χ1n) is 11.1. The maximum absolute atomic E-state index is 11.8. The van der Waals surface area contributed by atoms with Crippen LogP contribution in [0.2, 0.25) is 0 Å². The highest BCUT2D eigenvalue weighted by Crippen LogP contribution is 2.67. The van der Waals surface area contributed by atoms with Gasteiger partial charge in [-0.3, -0.25) is 9.59 Å². The SMILES string of the molecule is C=C[C@@]1(C)CC[C@H]2[C@@](O)(CC[C@H]3C(C)(C)[C@@H](OC(C)=O)CC[C@@]32COC(C)=O)C1. The molecule has 5 nitrogen and oxygen atoms in total. The Kier molecular flexibility index (Phi) is 5.70. The summed E-state index contributed by atoms with van der Waals surface area (Å²) in [5.41, 5.74) is -1.38. The second kappa shape index (κ2) is 7.40. The molecule has 0 bridgehead atoms. The first kappa shape index (κ1) is 22.3. The second-order valence-corrected chi connectivity index (χ2v) is 10.8. The largest absolute Gasteiger partial charge is 0.465 e. The number of allylic oxidation sites excluding steroid dienone is 1. The predicted octanol–water partition coefficient (Wildman–Crippen LogP) is 4.42. The van der Waals surface area contributed by atoms with E-state index < -0.39 is 5.60 Å². The van der Waals surface area contributed by atoms with Gasteiger partial charge in [-0.1, -0.05) is 26.8 Å². The number of rotatable bonds is 4. The monoisotopic (exact) mass is 406 g/mol. The zero-order valence-electron chi connectivity index (χ0n) is 18.8. The number of hydrogen-bond acceptors (Lipinski definition) is 5. The van der Waals surface area contributed by atoms with Gasteiger partial charge in [0.15, 0.2) is 0 Å². The van der Waals surface area contributed by atoms with Gasteiger partial charge >= 0.3 is 11.9 Å². The Balaban J connectivity index is 2.00. The fourth-order valence-electron chi connectivity index (χ4n) is 7.22. The number of aliphatic hydroxyl groups is 1. The summed E-state index contributed by atoms with van der Waals surface area (Å²) in [6, 6.07) is 0. The molecule has 164 valence electrons. The van der Waals surface area contributed by atoms with Crippen molar-refractivity contribution in [1.82, 2.24) is 0 Å². The zero-order chi connectivity index (χ0) is 21.7. The third kappa shape index (κ3) is 3.75. The molecule has 3 fully saturated rings. The van der Waals surface area contributed by atoms with E-state index in [9.17, 15) is 14.7 Å². The third-order valence-electron chi connectivity index (χ3n) is 8.56. The van der Waals surface area contributed by atoms with Gasteiger partial charge in [-0.2, -0.15) is 0 Å². The van der Waals surface area contributed by atoms with E-state index in [2.05, 4.69) is 27.4 Å². The van der Waals surface area contributed by atoms with Crippen LogP contribution in [0.5, 0.6) is 0 Å². The molecule has 0 heterocycles. The number of carbonyl (C=O) groups excluding carboxylic acids is 2. The molecule has 5 heteroatoms. The summed E-state index contributed by atoms with van der Waals surface area (Å²) >= 11 is 0. The summed E-state index contributed by atoms with van der Waals surface area (Å²) in [5.74, 6) is -0.245. The first-order chi connectivity index (χ1) is 13.4. The van der Waals surface area contributed by atoms with Crippen molar-refractivity contribution in [1.29, 1.82) is 0 Å². The van der Waals surface area contributed by atoms with Crippen molar-refractivity contribution >= 4 is 11.9 Å². The highest BCUT2D eigenvalue weighted by atomic mass is 16.5. The van der Waals surface area contributed by atoms with Crippen LogP contribution in [-0.4, -0.2) is 35.4 Å². The standard InChI is InChI=1S/C24H38O5/c1-7-22(6)11-8-19-23(15-28-16(2)25)12-10-20(29-17(3)26)21(4,5)18(23)9-13-24(19,27)14-22/h7,18-20,27H,1,8-15H2,2-6H3/t18-,19+,20-,22-,23+,24+/m0/s1. The molecule has 0 aromatic carbocycles. The van der Waals surface area contributed by atoms with Gasteiger partial charge in [-0.05, 0) is 62.2 Å². The summed E-state index contributed by atoms with van der Waals surface area (Å²) < 4.78 is 11.4. The maximum atomic E-state index is 11.8. The van der Waals surface area contributed by atoms with Crippen LogP contribution in [0.15, 0.2) is 12.7 Å². The lowest BCUT2D eigenvalue weighted by Crippen LogP contribution is -2.66. The number of fused-ring (bicyclic) bond motifs is 3. The number of ether oxygens (including phenoxy) is 2. The molecule has 0 radical (unpaired) electrons. The van der Waals surface area contributed by atoms with Crippen LogP contribution < -0.4 is 0 Å². The van der Waals surface area contributed by atoms with Gasteiger partial charge in [0, 0.05) is 24.7 Å². The van der Waals surface area contributed by atoms with Crippen molar-refractivity contribution in [3.63, 3.8) is 0 Å². The number of hydrogen-bond donors (Lipinski definition) is 1. The molecule has 6 atom stereocenters. The van der Waals surface area contributed by atoms with Crippen LogP contribution in [0.25, 0.3) is 0 Å². The normalized spacial score (nSPS) is 43.4. The summed E-state index contributed by atoms with van der Waals surface area (Å²) in [7, 11) is 0. The highest BCUT2D eigenvalue weighted by Gasteiger charge is 2.66. The minimum atomic E-state index is -0.776. The first-order valence-corrected chi connectivity index (χ1v) is 11.1. The van der Waals surface area contributed by atoms with Crippen LogP contribution >= 0.6 is 0 Å². The van der Waals surface area contributed by atoms with E-state index in [1.807, 2.05) is 6.08 Å². The van der Waals surface area contributed by atoms with Gasteiger partial charge in [0.2, 0.25) is 0 Å². The zero-order valence-corrected chi connectivity index (χ0v) is 18.8. The average Bonchev–Trinajstić information content (AvgIpc) is 2.61. The lowest BCUT2D eigenvalue weighted by Gasteiger charge is -2.66. The molecule has 0 aromatic rings. The van der Waals surface area contributed by atoms with E-state index in [-0.39, 0.29) is 46.1 Å². The van der Waals surface area contributed by atoms with Crippen LogP contribution in [0.3, 0.4) is 0 Å². The Bertz CT molecular complexity index is 685. The van der Waals surface area contributed by atoms with Crippen molar-refractivity contribution in [3.05, 3.63) is 12.7 Å². The Hall–Kier alpha value is -1.36. The van der Waals surface area contributed by atoms with E-state index in [0.29, 0.717) is 13.0 Å². The quantitative estimate of drug-likeness (QED) is 0.553. The van der Waals surface area contributed by atoms with Crippen molar-refractivity contribution in [2.24, 2.45) is 28.1 Å². The molecular weight excluding hydrogens is 368 g/mol. The Labute approximate surface area is 175 Å². The van der Waals surface area contributed by atoms with E-state index in [1.54, 1.807) is 0 Å². The van der Waals surface area contributed by atoms with Gasteiger partial charge < -0.3 is 14.6 Å². The van der Waals surface area contributed by atoms with E-state index in [0.717, 1.165) is 38.5 Å². The minimum Gasteiger partial charge on any atom is -0.465 e. The van der Waals surface area contributed by atoms with E-state index in [1.165, 1.54) is 13.8 Å². The van der Waals surface area contributed by atoms with Gasteiger partial charge in [-0.15, -0.1) is 6.58 Å². The highest BCUT2D eigenvalue weighted by molar-refractivity contribution is 5.66. The smallest absolute Gasteiger partial charge is 0.302 e. The molecule has 0 aliphatic heterocycles. The van der Waals surface area contributed by atoms with Crippen molar-refractivity contribution < 1.29 is 24.2 Å². The van der Waals surface area contributed by atoms with Crippen molar-refractivity contribution in [2.75, 3.05) is 6.61 Å². The Morgan fingerprint density at radius 2 is 1.69 bits per heavy atom. The summed E-state index contributed by atoms with van der Waals surface area (Å²) in [4.78, 5) is 23.4. The molecule has 1 N–H and O–H groups in total. The molecule has 0 aromatic heterocycles. The minimum absolute atomic E-state index is 0.0643. The van der Waals surface area contributed by atoms with Crippen LogP contribution in [-0.2, 0) is 19.1 Å². The van der Waals surface area contributed by atoms with E-state index in [4.69, 9.17) is 9.47 Å². The molecule has 29 heavy (non-hydrogen) atoms. The molecule has 0 amide bonds. The number of esters is 2. The topological polar surface area (TPSA) is 72.8 Å². The van der Waals surface area contributed by atoms with E-state index >= 15 is 0 Å². The predicted molar refractivity (Wildman–Crippen MR) is 111 cm³/mol. The second-order valence-electron chi connectivity index (χ2n) is 10.8. The maximum Gasteiger partial charge on any atom is 0.302 e. The molecule has 0 saturated heterocycles. The molecule has 3 rings (SSSR count). The summed E-state index contributed by atoms with van der Waals surface area (Å²) in [5, 5.41) is 11.8. The van der Waals surface area contributed by atoms with Crippen LogP contribution in [0.4, 0.5) is 0 Å². The van der Waals surface area contributed by atoms with Gasteiger partial charge in [0.05, 0.1) is 12.2 Å². The molecular formula is C24H38O5. The molecule has 0 spiro atoms. The van der Waals surface area contributed by atoms with Crippen molar-refractivity contribution in [3.8, 4) is 0 Å².